The number of anilines is 1. The van der Waals surface area contributed by atoms with Crippen LogP contribution in [0.2, 0.25) is 0 Å². The standard InChI is InChI=1S/C11H18N4O/c1-8(2)6-14-10(16)7-15-11-9(3)12-4-5-13-11/h4-5,8H,6-7H2,1-3H3,(H,13,15)(H,14,16). The summed E-state index contributed by atoms with van der Waals surface area (Å²) in [4.78, 5) is 19.6. The van der Waals surface area contributed by atoms with Gasteiger partial charge in [-0.25, -0.2) is 4.98 Å². The Morgan fingerprint density at radius 3 is 2.69 bits per heavy atom. The lowest BCUT2D eigenvalue weighted by Gasteiger charge is -2.09. The Hall–Kier alpha value is -1.65. The van der Waals surface area contributed by atoms with Gasteiger partial charge in [0, 0.05) is 18.9 Å². The van der Waals surface area contributed by atoms with Crippen molar-refractivity contribution in [3.8, 4) is 0 Å². The maximum Gasteiger partial charge on any atom is 0.239 e. The van der Waals surface area contributed by atoms with E-state index in [-0.39, 0.29) is 12.5 Å². The molecule has 5 nitrogen and oxygen atoms in total. The molecule has 0 saturated carbocycles. The lowest BCUT2D eigenvalue weighted by molar-refractivity contribution is -0.119. The average molecular weight is 222 g/mol. The number of nitrogens with zero attached hydrogens (tertiary/aromatic N) is 2. The zero-order chi connectivity index (χ0) is 12.0. The van der Waals surface area contributed by atoms with Crippen LogP contribution in [0.15, 0.2) is 12.4 Å². The SMILES string of the molecule is Cc1nccnc1NCC(=O)NCC(C)C. The highest BCUT2D eigenvalue weighted by atomic mass is 16.1. The average Bonchev–Trinajstić information content (AvgIpc) is 2.25. The third kappa shape index (κ3) is 4.25. The molecule has 1 amide bonds. The summed E-state index contributed by atoms with van der Waals surface area (Å²) in [6.45, 7) is 6.88. The molecule has 0 fully saturated rings. The van der Waals surface area contributed by atoms with Gasteiger partial charge in [-0.15, -0.1) is 0 Å². The van der Waals surface area contributed by atoms with Crippen LogP contribution in [0.1, 0.15) is 19.5 Å². The number of carbonyl (C=O) groups excluding carboxylic acids is 1. The van der Waals surface area contributed by atoms with E-state index in [0.29, 0.717) is 18.3 Å². The molecule has 0 bridgehead atoms. The van der Waals surface area contributed by atoms with Crippen LogP contribution in [-0.4, -0.2) is 29.0 Å². The molecule has 0 spiro atoms. The van der Waals surface area contributed by atoms with Gasteiger partial charge in [-0.3, -0.25) is 9.78 Å². The van der Waals surface area contributed by atoms with Gasteiger partial charge in [0.25, 0.3) is 0 Å². The monoisotopic (exact) mass is 222 g/mol. The zero-order valence-corrected chi connectivity index (χ0v) is 9.95. The van der Waals surface area contributed by atoms with Gasteiger partial charge in [0.1, 0.15) is 5.82 Å². The first kappa shape index (κ1) is 12.4. The Kier molecular flexibility index (Phi) is 4.69. The highest BCUT2D eigenvalue weighted by Gasteiger charge is 2.04. The summed E-state index contributed by atoms with van der Waals surface area (Å²) >= 11 is 0. The summed E-state index contributed by atoms with van der Waals surface area (Å²) in [7, 11) is 0. The van der Waals surface area contributed by atoms with Gasteiger partial charge >= 0.3 is 0 Å². The van der Waals surface area contributed by atoms with Crippen molar-refractivity contribution in [1.29, 1.82) is 0 Å². The molecular weight excluding hydrogens is 204 g/mol. The predicted molar refractivity (Wildman–Crippen MR) is 63.1 cm³/mol. The summed E-state index contributed by atoms with van der Waals surface area (Å²) < 4.78 is 0. The quantitative estimate of drug-likeness (QED) is 0.779. The van der Waals surface area contributed by atoms with E-state index in [2.05, 4.69) is 34.4 Å². The van der Waals surface area contributed by atoms with E-state index in [9.17, 15) is 4.79 Å². The molecule has 16 heavy (non-hydrogen) atoms. The number of hydrogen-bond acceptors (Lipinski definition) is 4. The molecule has 5 heteroatoms. The number of nitrogens with one attached hydrogen (secondary N) is 2. The number of rotatable bonds is 5. The summed E-state index contributed by atoms with van der Waals surface area (Å²) in [6.07, 6.45) is 3.22. The van der Waals surface area contributed by atoms with Crippen molar-refractivity contribution in [3.63, 3.8) is 0 Å². The van der Waals surface area contributed by atoms with Crippen molar-refractivity contribution in [3.05, 3.63) is 18.1 Å². The van der Waals surface area contributed by atoms with E-state index in [4.69, 9.17) is 0 Å². The molecule has 0 aliphatic rings. The van der Waals surface area contributed by atoms with Crippen LogP contribution in [0.4, 0.5) is 5.82 Å². The smallest absolute Gasteiger partial charge is 0.239 e. The number of carbonyl (C=O) groups is 1. The molecule has 2 N–H and O–H groups in total. The summed E-state index contributed by atoms with van der Waals surface area (Å²) in [5, 5.41) is 5.77. The van der Waals surface area contributed by atoms with E-state index < -0.39 is 0 Å². The minimum atomic E-state index is -0.0289. The lowest BCUT2D eigenvalue weighted by Crippen LogP contribution is -2.32. The zero-order valence-electron chi connectivity index (χ0n) is 9.95. The molecule has 0 aliphatic carbocycles. The molecule has 1 heterocycles. The van der Waals surface area contributed by atoms with Crippen molar-refractivity contribution in [2.75, 3.05) is 18.4 Å². The summed E-state index contributed by atoms with van der Waals surface area (Å²) in [5.74, 6) is 1.09. The molecule has 0 atom stereocenters. The van der Waals surface area contributed by atoms with Gasteiger partial charge in [0.05, 0.1) is 12.2 Å². The van der Waals surface area contributed by atoms with Crippen LogP contribution >= 0.6 is 0 Å². The Labute approximate surface area is 95.7 Å². The van der Waals surface area contributed by atoms with E-state index in [1.54, 1.807) is 12.4 Å². The van der Waals surface area contributed by atoms with Crippen molar-refractivity contribution in [1.82, 2.24) is 15.3 Å². The second kappa shape index (κ2) is 6.05. The first-order valence-corrected chi connectivity index (χ1v) is 5.37. The molecule has 0 aromatic carbocycles. The molecule has 1 aromatic rings. The number of amides is 1. The van der Waals surface area contributed by atoms with Crippen LogP contribution in [-0.2, 0) is 4.79 Å². The van der Waals surface area contributed by atoms with Crippen LogP contribution in [0.25, 0.3) is 0 Å². The van der Waals surface area contributed by atoms with Crippen molar-refractivity contribution in [2.45, 2.75) is 20.8 Å². The lowest BCUT2D eigenvalue weighted by atomic mass is 10.2. The van der Waals surface area contributed by atoms with E-state index in [0.717, 1.165) is 5.69 Å². The third-order valence-electron chi connectivity index (χ3n) is 2.01. The first-order chi connectivity index (χ1) is 7.59. The minimum Gasteiger partial charge on any atom is -0.360 e. The Bertz CT molecular complexity index is 352. The summed E-state index contributed by atoms with van der Waals surface area (Å²) in [5.41, 5.74) is 0.791. The molecule has 1 rings (SSSR count). The highest BCUT2D eigenvalue weighted by Crippen LogP contribution is 2.04. The maximum atomic E-state index is 11.4. The topological polar surface area (TPSA) is 66.9 Å². The predicted octanol–water partition coefficient (Wildman–Crippen LogP) is 0.969. The maximum absolute atomic E-state index is 11.4. The summed E-state index contributed by atoms with van der Waals surface area (Å²) in [6, 6.07) is 0. The highest BCUT2D eigenvalue weighted by molar-refractivity contribution is 5.80. The van der Waals surface area contributed by atoms with E-state index in [1.165, 1.54) is 0 Å². The van der Waals surface area contributed by atoms with Crippen LogP contribution in [0.5, 0.6) is 0 Å². The first-order valence-electron chi connectivity index (χ1n) is 5.37. The fraction of sp³-hybridized carbons (Fsp3) is 0.545. The van der Waals surface area contributed by atoms with Crippen molar-refractivity contribution in [2.24, 2.45) is 5.92 Å². The second-order valence-electron chi connectivity index (χ2n) is 4.04. The van der Waals surface area contributed by atoms with Gasteiger partial charge in [0.15, 0.2) is 0 Å². The molecule has 0 radical (unpaired) electrons. The van der Waals surface area contributed by atoms with Gasteiger partial charge in [-0.2, -0.15) is 0 Å². The molecule has 0 aliphatic heterocycles. The molecule has 1 aromatic heterocycles. The number of aryl methyl sites for hydroxylation is 1. The second-order valence-corrected chi connectivity index (χ2v) is 4.04. The third-order valence-corrected chi connectivity index (χ3v) is 2.01. The Balaban J connectivity index is 2.35. The molecular formula is C11H18N4O. The fourth-order valence-corrected chi connectivity index (χ4v) is 1.13. The molecule has 88 valence electrons. The normalized spacial score (nSPS) is 10.2. The van der Waals surface area contributed by atoms with Crippen LogP contribution in [0.3, 0.4) is 0 Å². The van der Waals surface area contributed by atoms with Gasteiger partial charge < -0.3 is 10.6 Å². The largest absolute Gasteiger partial charge is 0.360 e. The van der Waals surface area contributed by atoms with Gasteiger partial charge in [-0.05, 0) is 12.8 Å². The Morgan fingerprint density at radius 1 is 1.38 bits per heavy atom. The minimum absolute atomic E-state index is 0.0289. The van der Waals surface area contributed by atoms with E-state index in [1.807, 2.05) is 6.92 Å². The number of aromatic nitrogens is 2. The van der Waals surface area contributed by atoms with Crippen LogP contribution in [0, 0.1) is 12.8 Å². The van der Waals surface area contributed by atoms with Crippen molar-refractivity contribution < 1.29 is 4.79 Å². The molecule has 0 saturated heterocycles. The Morgan fingerprint density at radius 2 is 2.06 bits per heavy atom. The van der Waals surface area contributed by atoms with Gasteiger partial charge in [-0.1, -0.05) is 13.8 Å². The number of hydrogen-bond donors (Lipinski definition) is 2. The van der Waals surface area contributed by atoms with Crippen molar-refractivity contribution >= 4 is 11.7 Å². The molecule has 0 unspecified atom stereocenters. The van der Waals surface area contributed by atoms with Crippen LogP contribution < -0.4 is 10.6 Å². The van der Waals surface area contributed by atoms with E-state index >= 15 is 0 Å². The van der Waals surface area contributed by atoms with Gasteiger partial charge in [0.2, 0.25) is 5.91 Å². The fourth-order valence-electron chi connectivity index (χ4n) is 1.13.